The third-order valence-electron chi connectivity index (χ3n) is 2.18. The molecule has 0 saturated carbocycles. The molecule has 0 amide bonds. The molecule has 0 bridgehead atoms. The summed E-state index contributed by atoms with van der Waals surface area (Å²) in [5, 5.41) is 0. The zero-order valence-electron chi connectivity index (χ0n) is 8.98. The minimum absolute atomic E-state index is 0.0621. The molecule has 7 heteroatoms. The summed E-state index contributed by atoms with van der Waals surface area (Å²) in [6.45, 7) is 1.36. The largest absolute Gasteiger partial charge is 0.399 e. The molecule has 0 fully saturated rings. The number of nitrogen functional groups attached to an aromatic ring is 1. The van der Waals surface area contributed by atoms with E-state index in [0.717, 1.165) is 0 Å². The van der Waals surface area contributed by atoms with Crippen molar-refractivity contribution in [2.75, 3.05) is 11.5 Å². The molecule has 0 aromatic heterocycles. The zero-order chi connectivity index (χ0) is 13.3. The van der Waals surface area contributed by atoms with Crippen LogP contribution in [0.2, 0.25) is 0 Å². The lowest BCUT2D eigenvalue weighted by atomic mass is 10.1. The van der Waals surface area contributed by atoms with Crippen LogP contribution in [-0.2, 0) is 9.84 Å². The Balaban J connectivity index is 3.23. The van der Waals surface area contributed by atoms with Gasteiger partial charge in [0.25, 0.3) is 3.67 Å². The summed E-state index contributed by atoms with van der Waals surface area (Å²) in [7, 11) is -3.92. The van der Waals surface area contributed by atoms with Crippen molar-refractivity contribution in [2.45, 2.75) is 10.6 Å². The van der Waals surface area contributed by atoms with Gasteiger partial charge in [-0.2, -0.15) is 0 Å². The van der Waals surface area contributed by atoms with E-state index < -0.39 is 19.3 Å². The van der Waals surface area contributed by atoms with Crippen LogP contribution in [0.15, 0.2) is 24.3 Å². The summed E-state index contributed by atoms with van der Waals surface area (Å²) < 4.78 is 20.7. The Morgan fingerprint density at radius 2 is 2.00 bits per heavy atom. The number of ketones is 1. The second kappa shape index (κ2) is 4.84. The molecule has 0 aliphatic heterocycles. The molecule has 0 aliphatic rings. The summed E-state index contributed by atoms with van der Waals surface area (Å²) in [4.78, 5) is 11.9. The van der Waals surface area contributed by atoms with Gasteiger partial charge in [0.15, 0.2) is 9.84 Å². The predicted octanol–water partition coefficient (Wildman–Crippen LogP) is 2.02. The minimum atomic E-state index is -3.92. The SMILES string of the molecule is CCS(=O)(=O)C(Cl)(Cl)C(=O)c1cccc(N)c1. The van der Waals surface area contributed by atoms with Crippen LogP contribution in [0.4, 0.5) is 5.69 Å². The van der Waals surface area contributed by atoms with Crippen LogP contribution in [0.3, 0.4) is 0 Å². The molecule has 0 heterocycles. The van der Waals surface area contributed by atoms with Crippen LogP contribution in [-0.4, -0.2) is 23.6 Å². The summed E-state index contributed by atoms with van der Waals surface area (Å²) >= 11 is 11.3. The summed E-state index contributed by atoms with van der Waals surface area (Å²) in [5.41, 5.74) is 5.88. The van der Waals surface area contributed by atoms with Crippen molar-refractivity contribution in [2.24, 2.45) is 0 Å². The maximum Gasteiger partial charge on any atom is 0.280 e. The molecule has 2 N–H and O–H groups in total. The Bertz CT molecular complexity index is 540. The number of halogens is 2. The lowest BCUT2D eigenvalue weighted by Gasteiger charge is -2.17. The molecule has 0 spiro atoms. The van der Waals surface area contributed by atoms with Gasteiger partial charge in [-0.1, -0.05) is 42.3 Å². The first kappa shape index (κ1) is 14.3. The maximum atomic E-state index is 11.9. The van der Waals surface area contributed by atoms with Crippen LogP contribution in [0.25, 0.3) is 0 Å². The van der Waals surface area contributed by atoms with Crippen LogP contribution < -0.4 is 5.73 Å². The van der Waals surface area contributed by atoms with Gasteiger partial charge in [0.1, 0.15) is 0 Å². The molecular formula is C10H11Cl2NO3S. The van der Waals surface area contributed by atoms with Crippen molar-refractivity contribution in [3.8, 4) is 0 Å². The number of benzene rings is 1. The lowest BCUT2D eigenvalue weighted by Crippen LogP contribution is -2.36. The van der Waals surface area contributed by atoms with Crippen molar-refractivity contribution < 1.29 is 13.2 Å². The summed E-state index contributed by atoms with van der Waals surface area (Å²) in [6.07, 6.45) is 0. The molecule has 1 aromatic carbocycles. The Morgan fingerprint density at radius 3 is 2.47 bits per heavy atom. The smallest absolute Gasteiger partial charge is 0.280 e. The van der Waals surface area contributed by atoms with Gasteiger partial charge in [-0.05, 0) is 12.1 Å². The minimum Gasteiger partial charge on any atom is -0.399 e. The number of rotatable bonds is 4. The van der Waals surface area contributed by atoms with Gasteiger partial charge in [0, 0.05) is 11.3 Å². The van der Waals surface area contributed by atoms with E-state index in [2.05, 4.69) is 0 Å². The molecule has 0 radical (unpaired) electrons. The molecule has 4 nitrogen and oxygen atoms in total. The topological polar surface area (TPSA) is 77.2 Å². The highest BCUT2D eigenvalue weighted by molar-refractivity contribution is 7.96. The first-order valence-corrected chi connectivity index (χ1v) is 7.13. The van der Waals surface area contributed by atoms with Crippen molar-refractivity contribution in [3.05, 3.63) is 29.8 Å². The fourth-order valence-corrected chi connectivity index (χ4v) is 2.81. The number of Topliss-reactive ketones (excluding diaryl/α,β-unsaturated/α-hetero) is 1. The summed E-state index contributed by atoms with van der Waals surface area (Å²) in [5.74, 6) is -1.22. The Morgan fingerprint density at radius 1 is 1.41 bits per heavy atom. The average Bonchev–Trinajstić information content (AvgIpc) is 2.27. The molecule has 1 rings (SSSR count). The molecule has 0 unspecified atom stereocenters. The van der Waals surface area contributed by atoms with Gasteiger partial charge in [-0.15, -0.1) is 0 Å². The van der Waals surface area contributed by atoms with Crippen LogP contribution >= 0.6 is 23.2 Å². The van der Waals surface area contributed by atoms with E-state index in [-0.39, 0.29) is 11.3 Å². The second-order valence-corrected chi connectivity index (χ2v) is 7.57. The number of alkyl halides is 2. The first-order chi connectivity index (χ1) is 7.72. The maximum absolute atomic E-state index is 11.9. The van der Waals surface area contributed by atoms with E-state index in [4.69, 9.17) is 28.9 Å². The quantitative estimate of drug-likeness (QED) is 0.524. The van der Waals surface area contributed by atoms with E-state index in [1.807, 2.05) is 0 Å². The molecular weight excluding hydrogens is 285 g/mol. The van der Waals surface area contributed by atoms with Crippen molar-refractivity contribution in [3.63, 3.8) is 0 Å². The van der Waals surface area contributed by atoms with Crippen LogP contribution in [0, 0.1) is 0 Å². The Hall–Kier alpha value is -0.780. The highest BCUT2D eigenvalue weighted by atomic mass is 35.5. The molecule has 1 aromatic rings. The third-order valence-corrected chi connectivity index (χ3v) is 5.66. The van der Waals surface area contributed by atoms with Crippen molar-refractivity contribution in [1.29, 1.82) is 0 Å². The fraction of sp³-hybridized carbons (Fsp3) is 0.300. The van der Waals surface area contributed by atoms with Crippen molar-refractivity contribution in [1.82, 2.24) is 0 Å². The molecule has 94 valence electrons. The van der Waals surface area contributed by atoms with Gasteiger partial charge in [0.2, 0.25) is 5.78 Å². The number of carbonyl (C=O) groups is 1. The average molecular weight is 296 g/mol. The number of sulfone groups is 1. The standard InChI is InChI=1S/C10H11Cl2NO3S/c1-2-17(15,16)10(11,12)9(14)7-4-3-5-8(13)6-7/h3-6H,2,13H2,1H3. The van der Waals surface area contributed by atoms with Crippen LogP contribution in [0.1, 0.15) is 17.3 Å². The third kappa shape index (κ3) is 2.73. The number of hydrogen-bond acceptors (Lipinski definition) is 4. The lowest BCUT2D eigenvalue weighted by molar-refractivity contribution is 0.0996. The molecule has 0 saturated heterocycles. The molecule has 0 aliphatic carbocycles. The number of carbonyl (C=O) groups excluding carboxylic acids is 1. The van der Waals surface area contributed by atoms with Crippen LogP contribution in [0.5, 0.6) is 0 Å². The number of nitrogens with two attached hydrogens (primary N) is 1. The van der Waals surface area contributed by atoms with E-state index >= 15 is 0 Å². The zero-order valence-corrected chi connectivity index (χ0v) is 11.3. The monoisotopic (exact) mass is 295 g/mol. The van der Waals surface area contributed by atoms with Gasteiger partial charge >= 0.3 is 0 Å². The van der Waals surface area contributed by atoms with Gasteiger partial charge in [-0.25, -0.2) is 8.42 Å². The molecule has 0 atom stereocenters. The predicted molar refractivity (Wildman–Crippen MR) is 69.1 cm³/mol. The van der Waals surface area contributed by atoms with Gasteiger partial charge in [-0.3, -0.25) is 4.79 Å². The van der Waals surface area contributed by atoms with E-state index in [0.29, 0.717) is 5.69 Å². The molecule has 17 heavy (non-hydrogen) atoms. The van der Waals surface area contributed by atoms with Crippen molar-refractivity contribution >= 4 is 44.5 Å². The van der Waals surface area contributed by atoms with Gasteiger partial charge in [0.05, 0.1) is 5.75 Å². The Labute approximate surface area is 110 Å². The number of hydrogen-bond donors (Lipinski definition) is 1. The van der Waals surface area contributed by atoms with E-state index in [9.17, 15) is 13.2 Å². The first-order valence-electron chi connectivity index (χ1n) is 4.73. The fourth-order valence-electron chi connectivity index (χ4n) is 1.17. The second-order valence-electron chi connectivity index (χ2n) is 3.37. The Kier molecular flexibility index (Phi) is 4.06. The van der Waals surface area contributed by atoms with E-state index in [1.165, 1.54) is 25.1 Å². The highest BCUT2D eigenvalue weighted by Gasteiger charge is 2.46. The van der Waals surface area contributed by atoms with E-state index in [1.54, 1.807) is 6.07 Å². The number of anilines is 1. The highest BCUT2D eigenvalue weighted by Crippen LogP contribution is 2.33. The normalized spacial score (nSPS) is 12.4. The summed E-state index contributed by atoms with van der Waals surface area (Å²) in [6, 6.07) is 5.82. The van der Waals surface area contributed by atoms with Gasteiger partial charge < -0.3 is 5.73 Å².